The van der Waals surface area contributed by atoms with Crippen LogP contribution >= 0.6 is 0 Å². The maximum atomic E-state index is 12.6. The molecule has 1 fully saturated rings. The third-order valence-corrected chi connectivity index (χ3v) is 3.99. The second-order valence-corrected chi connectivity index (χ2v) is 5.64. The molecule has 6 nitrogen and oxygen atoms in total. The number of anilines is 1. The lowest BCUT2D eigenvalue weighted by Crippen LogP contribution is -2.43. The Morgan fingerprint density at radius 1 is 1.42 bits per heavy atom. The highest BCUT2D eigenvalue weighted by Crippen LogP contribution is 2.35. The number of nitrogens with one attached hydrogen (secondary N) is 1. The van der Waals surface area contributed by atoms with Crippen molar-refractivity contribution in [1.82, 2.24) is 4.90 Å². The number of hydrogen-bond donors (Lipinski definition) is 1. The first-order valence-corrected chi connectivity index (χ1v) is 7.97. The SMILES string of the molecule is C#CCOCC1CCCN(C(=O)Nc2cccc(OC)c2OC)C1. The summed E-state index contributed by atoms with van der Waals surface area (Å²) >= 11 is 0. The molecule has 1 atom stereocenters. The van der Waals surface area contributed by atoms with Crippen LogP contribution < -0.4 is 14.8 Å². The van der Waals surface area contributed by atoms with Crippen LogP contribution in [0.1, 0.15) is 12.8 Å². The Balaban J connectivity index is 1.98. The van der Waals surface area contributed by atoms with Gasteiger partial charge in [0.05, 0.1) is 26.5 Å². The van der Waals surface area contributed by atoms with Gasteiger partial charge in [-0.15, -0.1) is 6.42 Å². The van der Waals surface area contributed by atoms with Crippen molar-refractivity contribution < 1.29 is 19.0 Å². The molecule has 1 aliphatic rings. The van der Waals surface area contributed by atoms with Crippen LogP contribution in [0.4, 0.5) is 10.5 Å². The summed E-state index contributed by atoms with van der Waals surface area (Å²) < 4.78 is 16.0. The van der Waals surface area contributed by atoms with Crippen molar-refractivity contribution >= 4 is 11.7 Å². The van der Waals surface area contributed by atoms with Crippen molar-refractivity contribution in [3.05, 3.63) is 18.2 Å². The minimum absolute atomic E-state index is 0.150. The zero-order chi connectivity index (χ0) is 17.4. The van der Waals surface area contributed by atoms with Crippen molar-refractivity contribution in [1.29, 1.82) is 0 Å². The average molecular weight is 332 g/mol. The number of para-hydroxylation sites is 1. The molecule has 0 aromatic heterocycles. The molecule has 24 heavy (non-hydrogen) atoms. The van der Waals surface area contributed by atoms with Gasteiger partial charge in [-0.2, -0.15) is 0 Å². The van der Waals surface area contributed by atoms with Gasteiger partial charge >= 0.3 is 6.03 Å². The van der Waals surface area contributed by atoms with Crippen molar-refractivity contribution in [3.63, 3.8) is 0 Å². The minimum Gasteiger partial charge on any atom is -0.493 e. The van der Waals surface area contributed by atoms with E-state index in [4.69, 9.17) is 20.6 Å². The van der Waals surface area contributed by atoms with E-state index in [1.807, 2.05) is 6.07 Å². The number of urea groups is 1. The highest BCUT2D eigenvalue weighted by Gasteiger charge is 2.24. The van der Waals surface area contributed by atoms with Gasteiger partial charge in [-0.1, -0.05) is 12.0 Å². The summed E-state index contributed by atoms with van der Waals surface area (Å²) in [4.78, 5) is 14.4. The maximum Gasteiger partial charge on any atom is 0.321 e. The summed E-state index contributed by atoms with van der Waals surface area (Å²) in [6.45, 7) is 2.27. The number of nitrogens with zero attached hydrogens (tertiary/aromatic N) is 1. The first kappa shape index (κ1) is 18.0. The summed E-state index contributed by atoms with van der Waals surface area (Å²) in [5.41, 5.74) is 0.590. The third kappa shape index (κ3) is 4.56. The van der Waals surface area contributed by atoms with E-state index < -0.39 is 0 Å². The van der Waals surface area contributed by atoms with E-state index in [1.165, 1.54) is 0 Å². The fourth-order valence-electron chi connectivity index (χ4n) is 2.85. The largest absolute Gasteiger partial charge is 0.493 e. The predicted octanol–water partition coefficient (Wildman–Crippen LogP) is 2.60. The number of likely N-dealkylation sites (tertiary alicyclic amines) is 1. The monoisotopic (exact) mass is 332 g/mol. The van der Waals surface area contributed by atoms with Crippen LogP contribution in [0.3, 0.4) is 0 Å². The molecule has 1 saturated heterocycles. The molecule has 130 valence electrons. The number of amides is 2. The van der Waals surface area contributed by atoms with Gasteiger partial charge in [0.15, 0.2) is 11.5 Å². The number of benzene rings is 1. The number of rotatable bonds is 6. The molecule has 6 heteroatoms. The van der Waals surface area contributed by atoms with E-state index in [-0.39, 0.29) is 6.03 Å². The van der Waals surface area contributed by atoms with E-state index in [9.17, 15) is 4.79 Å². The van der Waals surface area contributed by atoms with Gasteiger partial charge < -0.3 is 24.4 Å². The van der Waals surface area contributed by atoms with Crippen LogP contribution in [0.5, 0.6) is 11.5 Å². The second-order valence-electron chi connectivity index (χ2n) is 5.64. The zero-order valence-corrected chi connectivity index (χ0v) is 14.2. The number of piperidine rings is 1. The quantitative estimate of drug-likeness (QED) is 0.642. The Morgan fingerprint density at radius 2 is 2.25 bits per heavy atom. The molecule has 1 unspecified atom stereocenters. The summed E-state index contributed by atoms with van der Waals surface area (Å²) in [5.74, 6) is 3.86. The molecular weight excluding hydrogens is 308 g/mol. The molecule has 2 rings (SSSR count). The molecule has 0 aliphatic carbocycles. The lowest BCUT2D eigenvalue weighted by molar-refractivity contribution is 0.0883. The number of carbonyl (C=O) groups is 1. The van der Waals surface area contributed by atoms with Crippen molar-refractivity contribution in [2.24, 2.45) is 5.92 Å². The van der Waals surface area contributed by atoms with Gasteiger partial charge in [0, 0.05) is 19.0 Å². The van der Waals surface area contributed by atoms with E-state index in [0.29, 0.717) is 42.9 Å². The topological polar surface area (TPSA) is 60.0 Å². The molecular formula is C18H24N2O4. The predicted molar refractivity (Wildman–Crippen MR) is 92.5 cm³/mol. The second kappa shape index (κ2) is 9.04. The molecule has 1 aromatic carbocycles. The fraction of sp³-hybridized carbons (Fsp3) is 0.500. The highest BCUT2D eigenvalue weighted by atomic mass is 16.5. The van der Waals surface area contributed by atoms with E-state index in [1.54, 1.807) is 31.3 Å². The summed E-state index contributed by atoms with van der Waals surface area (Å²) in [6, 6.07) is 5.23. The van der Waals surface area contributed by atoms with Gasteiger partial charge in [-0.3, -0.25) is 0 Å². The lowest BCUT2D eigenvalue weighted by atomic mass is 9.99. The van der Waals surface area contributed by atoms with Crippen LogP contribution in [0, 0.1) is 18.3 Å². The van der Waals surface area contributed by atoms with Crippen molar-refractivity contribution in [2.45, 2.75) is 12.8 Å². The smallest absolute Gasteiger partial charge is 0.321 e. The lowest BCUT2D eigenvalue weighted by Gasteiger charge is -2.32. The van der Waals surface area contributed by atoms with E-state index >= 15 is 0 Å². The van der Waals surface area contributed by atoms with Crippen LogP contribution in [-0.4, -0.2) is 51.5 Å². The summed E-state index contributed by atoms with van der Waals surface area (Å²) in [7, 11) is 3.11. The Hall–Kier alpha value is -2.39. The molecule has 1 aromatic rings. The highest BCUT2D eigenvalue weighted by molar-refractivity contribution is 5.91. The fourth-order valence-corrected chi connectivity index (χ4v) is 2.85. The zero-order valence-electron chi connectivity index (χ0n) is 14.2. The number of hydrogen-bond acceptors (Lipinski definition) is 4. The Morgan fingerprint density at radius 3 is 2.96 bits per heavy atom. The molecule has 1 aliphatic heterocycles. The van der Waals surface area contributed by atoms with Crippen molar-refractivity contribution in [3.8, 4) is 23.8 Å². The number of ether oxygens (including phenoxy) is 3. The molecule has 0 spiro atoms. The Labute approximate surface area is 143 Å². The molecule has 0 radical (unpaired) electrons. The summed E-state index contributed by atoms with van der Waals surface area (Å²) in [5, 5.41) is 2.90. The number of carbonyl (C=O) groups excluding carboxylic acids is 1. The van der Waals surface area contributed by atoms with Gasteiger partial charge in [0.1, 0.15) is 6.61 Å². The van der Waals surface area contributed by atoms with E-state index in [0.717, 1.165) is 19.4 Å². The molecule has 1 heterocycles. The third-order valence-electron chi connectivity index (χ3n) is 3.99. The number of methoxy groups -OCH3 is 2. The van der Waals surface area contributed by atoms with Gasteiger partial charge in [0.2, 0.25) is 0 Å². The van der Waals surface area contributed by atoms with Gasteiger partial charge in [-0.25, -0.2) is 4.79 Å². The summed E-state index contributed by atoms with van der Waals surface area (Å²) in [6.07, 6.45) is 7.17. The molecule has 0 saturated carbocycles. The first-order chi connectivity index (χ1) is 11.7. The maximum absolute atomic E-state index is 12.6. The standard InChI is InChI=1S/C18H24N2O4/c1-4-11-24-13-14-7-6-10-20(12-14)18(21)19-15-8-5-9-16(22-2)17(15)23-3/h1,5,8-9,14H,6-7,10-13H2,2-3H3,(H,19,21). The Kier molecular flexibility index (Phi) is 6.76. The molecule has 0 bridgehead atoms. The van der Waals surface area contributed by atoms with Crippen LogP contribution in [0.2, 0.25) is 0 Å². The first-order valence-electron chi connectivity index (χ1n) is 7.97. The van der Waals surface area contributed by atoms with Crippen LogP contribution in [-0.2, 0) is 4.74 Å². The molecule has 2 amide bonds. The van der Waals surface area contributed by atoms with Gasteiger partial charge in [-0.05, 0) is 25.0 Å². The molecule has 1 N–H and O–H groups in total. The van der Waals surface area contributed by atoms with Crippen LogP contribution in [0.15, 0.2) is 18.2 Å². The van der Waals surface area contributed by atoms with E-state index in [2.05, 4.69) is 11.2 Å². The normalized spacial score (nSPS) is 17.0. The minimum atomic E-state index is -0.150. The van der Waals surface area contributed by atoms with Gasteiger partial charge in [0.25, 0.3) is 0 Å². The average Bonchev–Trinajstić information content (AvgIpc) is 2.62. The Bertz CT molecular complexity index is 597. The van der Waals surface area contributed by atoms with Crippen molar-refractivity contribution in [2.75, 3.05) is 45.8 Å². The number of terminal acetylenes is 1. The van der Waals surface area contributed by atoms with Crippen LogP contribution in [0.25, 0.3) is 0 Å².